The molecule has 2 N–H and O–H groups in total. The quantitative estimate of drug-likeness (QED) is 0.829. The largest absolute Gasteiger partial charge is 0.472 e. The van der Waals surface area contributed by atoms with E-state index in [1.807, 2.05) is 4.90 Å². The van der Waals surface area contributed by atoms with Gasteiger partial charge in [0.15, 0.2) is 0 Å². The number of likely N-dealkylation sites (tertiary alicyclic amines) is 1. The standard InChI is InChI=1S/C16H25N3O3/c1-3-17-10-13-4-7-19(8-5-13)16(21)12(2)18-15(20)14-6-9-22-11-14/h6,9,11-13,17H,3-5,7-8,10H2,1-2H3,(H,18,20). The summed E-state index contributed by atoms with van der Waals surface area (Å²) in [5, 5.41) is 6.08. The van der Waals surface area contributed by atoms with Crippen molar-refractivity contribution < 1.29 is 14.0 Å². The first-order valence-electron chi connectivity index (χ1n) is 7.94. The number of piperidine rings is 1. The molecule has 0 aromatic carbocycles. The molecule has 0 saturated carbocycles. The first-order chi connectivity index (χ1) is 10.6. The first-order valence-corrected chi connectivity index (χ1v) is 7.94. The summed E-state index contributed by atoms with van der Waals surface area (Å²) < 4.78 is 4.88. The van der Waals surface area contributed by atoms with E-state index < -0.39 is 6.04 Å². The molecule has 0 radical (unpaired) electrons. The number of carbonyl (C=O) groups is 2. The lowest BCUT2D eigenvalue weighted by Gasteiger charge is -2.33. The van der Waals surface area contributed by atoms with Crippen LogP contribution in [0.4, 0.5) is 0 Å². The van der Waals surface area contributed by atoms with Crippen LogP contribution < -0.4 is 10.6 Å². The van der Waals surface area contributed by atoms with Crippen molar-refractivity contribution in [3.8, 4) is 0 Å². The van der Waals surface area contributed by atoms with Crippen molar-refractivity contribution in [1.82, 2.24) is 15.5 Å². The fourth-order valence-corrected chi connectivity index (χ4v) is 2.72. The van der Waals surface area contributed by atoms with Crippen LogP contribution >= 0.6 is 0 Å². The van der Waals surface area contributed by atoms with E-state index in [1.54, 1.807) is 13.0 Å². The van der Waals surface area contributed by atoms with E-state index in [4.69, 9.17) is 4.42 Å². The van der Waals surface area contributed by atoms with E-state index >= 15 is 0 Å². The molecule has 1 aliphatic rings. The van der Waals surface area contributed by atoms with E-state index in [9.17, 15) is 9.59 Å². The van der Waals surface area contributed by atoms with Crippen LogP contribution in [-0.4, -0.2) is 48.9 Å². The number of rotatable bonds is 6. The molecule has 1 aliphatic heterocycles. The van der Waals surface area contributed by atoms with E-state index in [-0.39, 0.29) is 11.8 Å². The lowest BCUT2D eigenvalue weighted by molar-refractivity contribution is -0.134. The lowest BCUT2D eigenvalue weighted by atomic mass is 9.96. The minimum absolute atomic E-state index is 0.0151. The molecule has 2 heterocycles. The maximum absolute atomic E-state index is 12.4. The molecule has 1 saturated heterocycles. The van der Waals surface area contributed by atoms with Crippen molar-refractivity contribution in [3.05, 3.63) is 24.2 Å². The smallest absolute Gasteiger partial charge is 0.255 e. The van der Waals surface area contributed by atoms with Gasteiger partial charge in [0.1, 0.15) is 12.3 Å². The molecule has 1 aromatic rings. The van der Waals surface area contributed by atoms with Gasteiger partial charge >= 0.3 is 0 Å². The average Bonchev–Trinajstić information content (AvgIpc) is 3.07. The topological polar surface area (TPSA) is 74.6 Å². The predicted octanol–water partition coefficient (Wildman–Crippen LogP) is 1.25. The van der Waals surface area contributed by atoms with Crippen LogP contribution in [0.25, 0.3) is 0 Å². The van der Waals surface area contributed by atoms with Crippen LogP contribution in [0.5, 0.6) is 0 Å². The number of furan rings is 1. The van der Waals surface area contributed by atoms with Crippen LogP contribution in [0.15, 0.2) is 23.0 Å². The molecule has 2 rings (SSSR count). The van der Waals surface area contributed by atoms with Gasteiger partial charge in [-0.15, -0.1) is 0 Å². The van der Waals surface area contributed by atoms with Gasteiger partial charge in [-0.1, -0.05) is 6.92 Å². The number of hydrogen-bond donors (Lipinski definition) is 2. The second-order valence-electron chi connectivity index (χ2n) is 5.78. The molecule has 122 valence electrons. The predicted molar refractivity (Wildman–Crippen MR) is 83.5 cm³/mol. The molecule has 22 heavy (non-hydrogen) atoms. The Morgan fingerprint density at radius 2 is 2.14 bits per heavy atom. The molecule has 0 spiro atoms. The molecule has 1 fully saturated rings. The van der Waals surface area contributed by atoms with Crippen LogP contribution in [0.3, 0.4) is 0 Å². The van der Waals surface area contributed by atoms with Gasteiger partial charge in [0.05, 0.1) is 11.8 Å². The molecule has 0 bridgehead atoms. The third-order valence-electron chi connectivity index (χ3n) is 4.11. The van der Waals surface area contributed by atoms with Gasteiger partial charge < -0.3 is 20.0 Å². The first kappa shape index (κ1) is 16.5. The Hall–Kier alpha value is -1.82. The Balaban J connectivity index is 1.78. The molecule has 1 atom stereocenters. The molecule has 1 unspecified atom stereocenters. The van der Waals surface area contributed by atoms with Crippen molar-refractivity contribution in [3.63, 3.8) is 0 Å². The maximum atomic E-state index is 12.4. The fraction of sp³-hybridized carbons (Fsp3) is 0.625. The molecule has 6 nitrogen and oxygen atoms in total. The SMILES string of the molecule is CCNCC1CCN(C(=O)C(C)NC(=O)c2ccoc2)CC1. The second-order valence-corrected chi connectivity index (χ2v) is 5.78. The van der Waals surface area contributed by atoms with E-state index in [1.165, 1.54) is 12.5 Å². The third kappa shape index (κ3) is 4.34. The molecular weight excluding hydrogens is 282 g/mol. The minimum atomic E-state index is -0.521. The Labute approximate surface area is 131 Å². The second kappa shape index (κ2) is 7.98. The molecule has 1 aromatic heterocycles. The zero-order valence-corrected chi connectivity index (χ0v) is 13.3. The van der Waals surface area contributed by atoms with Gasteiger partial charge in [-0.3, -0.25) is 9.59 Å². The maximum Gasteiger partial charge on any atom is 0.255 e. The van der Waals surface area contributed by atoms with Gasteiger partial charge in [0.25, 0.3) is 5.91 Å². The molecule has 0 aliphatic carbocycles. The van der Waals surface area contributed by atoms with Gasteiger partial charge in [-0.05, 0) is 44.8 Å². The number of amides is 2. The Kier molecular flexibility index (Phi) is 6.00. The summed E-state index contributed by atoms with van der Waals surface area (Å²) in [6.45, 7) is 7.36. The summed E-state index contributed by atoms with van der Waals surface area (Å²) in [6, 6.07) is 1.06. The Bertz CT molecular complexity index is 479. The Morgan fingerprint density at radius 3 is 2.73 bits per heavy atom. The van der Waals surface area contributed by atoms with Crippen molar-refractivity contribution in [1.29, 1.82) is 0 Å². The summed E-state index contributed by atoms with van der Waals surface area (Å²) in [4.78, 5) is 26.2. The number of nitrogens with one attached hydrogen (secondary N) is 2. The molecule has 2 amide bonds. The lowest BCUT2D eigenvalue weighted by Crippen LogP contribution is -2.49. The van der Waals surface area contributed by atoms with Crippen molar-refractivity contribution in [2.75, 3.05) is 26.2 Å². The zero-order chi connectivity index (χ0) is 15.9. The van der Waals surface area contributed by atoms with E-state index in [0.717, 1.165) is 39.0 Å². The highest BCUT2D eigenvalue weighted by atomic mass is 16.3. The van der Waals surface area contributed by atoms with Crippen molar-refractivity contribution in [2.45, 2.75) is 32.7 Å². The van der Waals surface area contributed by atoms with Gasteiger partial charge in [-0.2, -0.15) is 0 Å². The summed E-state index contributed by atoms with van der Waals surface area (Å²) in [7, 11) is 0. The highest BCUT2D eigenvalue weighted by molar-refractivity contribution is 5.97. The summed E-state index contributed by atoms with van der Waals surface area (Å²) >= 11 is 0. The van der Waals surface area contributed by atoms with Gasteiger partial charge in [-0.25, -0.2) is 0 Å². The normalized spacial score (nSPS) is 17.3. The van der Waals surface area contributed by atoms with Crippen LogP contribution in [0.1, 0.15) is 37.0 Å². The number of hydrogen-bond acceptors (Lipinski definition) is 4. The van der Waals surface area contributed by atoms with Crippen LogP contribution in [0, 0.1) is 5.92 Å². The van der Waals surface area contributed by atoms with Crippen molar-refractivity contribution >= 4 is 11.8 Å². The third-order valence-corrected chi connectivity index (χ3v) is 4.11. The van der Waals surface area contributed by atoms with Gasteiger partial charge in [0.2, 0.25) is 5.91 Å². The van der Waals surface area contributed by atoms with E-state index in [0.29, 0.717) is 11.5 Å². The van der Waals surface area contributed by atoms with Crippen LogP contribution in [0.2, 0.25) is 0 Å². The van der Waals surface area contributed by atoms with Crippen molar-refractivity contribution in [2.24, 2.45) is 5.92 Å². The van der Waals surface area contributed by atoms with Crippen LogP contribution in [-0.2, 0) is 4.79 Å². The monoisotopic (exact) mass is 307 g/mol. The van der Waals surface area contributed by atoms with Gasteiger partial charge in [0, 0.05) is 13.1 Å². The Morgan fingerprint density at radius 1 is 1.41 bits per heavy atom. The highest BCUT2D eigenvalue weighted by Gasteiger charge is 2.26. The summed E-state index contributed by atoms with van der Waals surface area (Å²) in [5.74, 6) is 0.343. The fourth-order valence-electron chi connectivity index (χ4n) is 2.72. The zero-order valence-electron chi connectivity index (χ0n) is 13.3. The minimum Gasteiger partial charge on any atom is -0.472 e. The average molecular weight is 307 g/mol. The summed E-state index contributed by atoms with van der Waals surface area (Å²) in [6.07, 6.45) is 4.84. The number of nitrogens with zero attached hydrogens (tertiary/aromatic N) is 1. The molecular formula is C16H25N3O3. The number of carbonyl (C=O) groups excluding carboxylic acids is 2. The highest BCUT2D eigenvalue weighted by Crippen LogP contribution is 2.17. The van der Waals surface area contributed by atoms with E-state index in [2.05, 4.69) is 17.6 Å². The molecule has 6 heteroatoms. The summed E-state index contributed by atoms with van der Waals surface area (Å²) in [5.41, 5.74) is 0.434.